The van der Waals surface area contributed by atoms with Gasteiger partial charge in [-0.3, -0.25) is 0 Å². The number of aliphatic imine (C=N–C) groups is 1. The summed E-state index contributed by atoms with van der Waals surface area (Å²) in [6, 6.07) is 7.98. The fourth-order valence-corrected chi connectivity index (χ4v) is 3.14. The number of methoxy groups -OCH3 is 1. The van der Waals surface area contributed by atoms with Crippen LogP contribution in [0, 0.1) is 13.8 Å². The molecule has 0 fully saturated rings. The molecule has 0 bridgehead atoms. The van der Waals surface area contributed by atoms with Crippen LogP contribution in [-0.2, 0) is 17.8 Å². The lowest BCUT2D eigenvalue weighted by atomic mass is 10.2. The van der Waals surface area contributed by atoms with Gasteiger partial charge in [-0.25, -0.2) is 9.98 Å². The quantitative estimate of drug-likeness (QED) is 0.400. The maximum atomic E-state index is 5.65. The Kier molecular flexibility index (Phi) is 8.37. The van der Waals surface area contributed by atoms with Crippen molar-refractivity contribution < 1.29 is 9.47 Å². The van der Waals surface area contributed by atoms with E-state index in [1.165, 1.54) is 4.88 Å². The monoisotopic (exact) mass is 376 g/mol. The molecule has 1 heterocycles. The van der Waals surface area contributed by atoms with E-state index in [9.17, 15) is 0 Å². The highest BCUT2D eigenvalue weighted by Gasteiger charge is 2.05. The first-order chi connectivity index (χ1) is 12.6. The van der Waals surface area contributed by atoms with Gasteiger partial charge in [0.1, 0.15) is 17.4 Å². The zero-order valence-corrected chi connectivity index (χ0v) is 16.8. The van der Waals surface area contributed by atoms with Crippen molar-refractivity contribution in [1.82, 2.24) is 15.6 Å². The molecule has 0 saturated carbocycles. The summed E-state index contributed by atoms with van der Waals surface area (Å²) in [6.07, 6.45) is 0. The number of guanidine groups is 1. The van der Waals surface area contributed by atoms with Crippen LogP contribution in [0.15, 0.2) is 29.3 Å². The number of aromatic nitrogens is 1. The normalized spacial score (nSPS) is 11.5. The van der Waals surface area contributed by atoms with E-state index in [4.69, 9.17) is 9.47 Å². The predicted molar refractivity (Wildman–Crippen MR) is 107 cm³/mol. The van der Waals surface area contributed by atoms with Gasteiger partial charge in [-0.05, 0) is 38.5 Å². The summed E-state index contributed by atoms with van der Waals surface area (Å²) in [6.45, 7) is 9.36. The average molecular weight is 377 g/mol. The van der Waals surface area contributed by atoms with Crippen LogP contribution in [0.2, 0.25) is 0 Å². The molecule has 0 spiro atoms. The van der Waals surface area contributed by atoms with E-state index in [0.29, 0.717) is 26.3 Å². The van der Waals surface area contributed by atoms with Crippen molar-refractivity contribution in [3.63, 3.8) is 0 Å². The molecule has 1 aromatic heterocycles. The number of thiazole rings is 1. The van der Waals surface area contributed by atoms with Crippen LogP contribution in [0.4, 0.5) is 0 Å². The van der Waals surface area contributed by atoms with E-state index in [1.54, 1.807) is 18.4 Å². The highest BCUT2D eigenvalue weighted by Crippen LogP contribution is 2.16. The van der Waals surface area contributed by atoms with Gasteiger partial charge < -0.3 is 20.1 Å². The molecule has 2 N–H and O–H groups in total. The molecule has 2 aromatic rings. The summed E-state index contributed by atoms with van der Waals surface area (Å²) < 4.78 is 10.7. The molecule has 6 nitrogen and oxygen atoms in total. The number of hydrogen-bond acceptors (Lipinski definition) is 5. The minimum absolute atomic E-state index is 0.542. The second-order valence-corrected chi connectivity index (χ2v) is 7.07. The molecule has 2 rings (SSSR count). The first-order valence-corrected chi connectivity index (χ1v) is 9.59. The fourth-order valence-electron chi connectivity index (χ4n) is 2.26. The van der Waals surface area contributed by atoms with Crippen molar-refractivity contribution in [2.45, 2.75) is 33.9 Å². The smallest absolute Gasteiger partial charge is 0.191 e. The maximum Gasteiger partial charge on any atom is 0.191 e. The molecule has 7 heteroatoms. The third kappa shape index (κ3) is 6.65. The molecule has 0 aliphatic rings. The Morgan fingerprint density at radius 1 is 1.23 bits per heavy atom. The van der Waals surface area contributed by atoms with E-state index in [2.05, 4.69) is 34.5 Å². The van der Waals surface area contributed by atoms with Crippen LogP contribution in [-0.4, -0.2) is 37.8 Å². The largest absolute Gasteiger partial charge is 0.491 e. The first-order valence-electron chi connectivity index (χ1n) is 8.78. The van der Waals surface area contributed by atoms with Crippen LogP contribution >= 0.6 is 11.3 Å². The summed E-state index contributed by atoms with van der Waals surface area (Å²) in [5.74, 6) is 1.62. The molecule has 26 heavy (non-hydrogen) atoms. The Bertz CT molecular complexity index is 696. The van der Waals surface area contributed by atoms with Gasteiger partial charge in [0.2, 0.25) is 0 Å². The molecular formula is C19H28N4O2S. The Hall–Kier alpha value is -2.12. The van der Waals surface area contributed by atoms with Gasteiger partial charge in [-0.15, -0.1) is 11.3 Å². The van der Waals surface area contributed by atoms with Crippen molar-refractivity contribution in [2.75, 3.05) is 26.9 Å². The molecule has 142 valence electrons. The Morgan fingerprint density at radius 2 is 2.08 bits per heavy atom. The summed E-state index contributed by atoms with van der Waals surface area (Å²) in [5.41, 5.74) is 2.19. The minimum atomic E-state index is 0.542. The predicted octanol–water partition coefficient (Wildman–Crippen LogP) is 3.04. The topological polar surface area (TPSA) is 67.8 Å². The number of benzene rings is 1. The van der Waals surface area contributed by atoms with Crippen LogP contribution < -0.4 is 15.4 Å². The van der Waals surface area contributed by atoms with Crippen molar-refractivity contribution in [2.24, 2.45) is 4.99 Å². The van der Waals surface area contributed by atoms with Crippen molar-refractivity contribution in [3.8, 4) is 5.75 Å². The number of ether oxygens (including phenoxy) is 2. The molecule has 1 aromatic carbocycles. The number of nitrogens with one attached hydrogen (secondary N) is 2. The second-order valence-electron chi connectivity index (χ2n) is 5.79. The zero-order chi connectivity index (χ0) is 18.8. The van der Waals surface area contributed by atoms with Gasteiger partial charge in [0.25, 0.3) is 0 Å². The van der Waals surface area contributed by atoms with E-state index < -0.39 is 0 Å². The van der Waals surface area contributed by atoms with E-state index in [1.807, 2.05) is 31.2 Å². The number of aryl methyl sites for hydroxylation is 2. The summed E-state index contributed by atoms with van der Waals surface area (Å²) in [5, 5.41) is 7.68. The lowest BCUT2D eigenvalue weighted by Crippen LogP contribution is -2.36. The minimum Gasteiger partial charge on any atom is -0.491 e. The Balaban J connectivity index is 1.94. The maximum absolute atomic E-state index is 5.65. The molecular weight excluding hydrogens is 348 g/mol. The molecule has 0 atom stereocenters. The molecule has 0 unspecified atom stereocenters. The van der Waals surface area contributed by atoms with Gasteiger partial charge in [0.05, 0.1) is 25.4 Å². The SMILES string of the molecule is CCNC(=NCc1cccc(OCCOC)c1)NCc1nc(C)c(C)s1. The van der Waals surface area contributed by atoms with Crippen molar-refractivity contribution in [1.29, 1.82) is 0 Å². The van der Waals surface area contributed by atoms with Crippen molar-refractivity contribution >= 4 is 17.3 Å². The van der Waals surface area contributed by atoms with Crippen LogP contribution in [0.5, 0.6) is 5.75 Å². The fraction of sp³-hybridized carbons (Fsp3) is 0.474. The summed E-state index contributed by atoms with van der Waals surface area (Å²) >= 11 is 1.72. The number of rotatable bonds is 9. The lowest BCUT2D eigenvalue weighted by molar-refractivity contribution is 0.146. The third-order valence-electron chi connectivity index (χ3n) is 3.70. The molecule has 0 saturated heterocycles. The highest BCUT2D eigenvalue weighted by molar-refractivity contribution is 7.11. The standard InChI is InChI=1S/C19H28N4O2S/c1-5-20-19(22-13-18-23-14(2)15(3)26-18)21-12-16-7-6-8-17(11-16)25-10-9-24-4/h6-8,11H,5,9-10,12-13H2,1-4H3,(H2,20,21,22). The summed E-state index contributed by atoms with van der Waals surface area (Å²) in [4.78, 5) is 10.5. The second kappa shape index (κ2) is 10.8. The van der Waals surface area contributed by atoms with Crippen LogP contribution in [0.1, 0.15) is 28.1 Å². The van der Waals surface area contributed by atoms with Gasteiger partial charge in [-0.2, -0.15) is 0 Å². The highest BCUT2D eigenvalue weighted by atomic mass is 32.1. The van der Waals surface area contributed by atoms with Gasteiger partial charge in [-0.1, -0.05) is 12.1 Å². The van der Waals surface area contributed by atoms with Crippen LogP contribution in [0.3, 0.4) is 0 Å². The number of nitrogens with zero attached hydrogens (tertiary/aromatic N) is 2. The van der Waals surface area contributed by atoms with E-state index in [-0.39, 0.29) is 0 Å². The van der Waals surface area contributed by atoms with E-state index >= 15 is 0 Å². The molecule has 0 radical (unpaired) electrons. The first kappa shape index (κ1) is 20.2. The average Bonchev–Trinajstić information content (AvgIpc) is 2.96. The Morgan fingerprint density at radius 3 is 2.77 bits per heavy atom. The van der Waals surface area contributed by atoms with Crippen LogP contribution in [0.25, 0.3) is 0 Å². The van der Waals surface area contributed by atoms with Gasteiger partial charge in [0, 0.05) is 18.5 Å². The van der Waals surface area contributed by atoms with Gasteiger partial charge in [0.15, 0.2) is 5.96 Å². The Labute approximate surface area is 159 Å². The van der Waals surface area contributed by atoms with Gasteiger partial charge >= 0.3 is 0 Å². The zero-order valence-electron chi connectivity index (χ0n) is 16.0. The third-order valence-corrected chi connectivity index (χ3v) is 4.77. The van der Waals surface area contributed by atoms with Crippen molar-refractivity contribution in [3.05, 3.63) is 45.4 Å². The molecule has 0 aliphatic carbocycles. The summed E-state index contributed by atoms with van der Waals surface area (Å²) in [7, 11) is 1.66. The molecule has 0 aliphatic heterocycles. The molecule has 0 amide bonds. The van der Waals surface area contributed by atoms with E-state index in [0.717, 1.165) is 34.5 Å². The number of hydrogen-bond donors (Lipinski definition) is 2. The lowest BCUT2D eigenvalue weighted by Gasteiger charge is -2.10.